The van der Waals surface area contributed by atoms with Crippen molar-refractivity contribution in [3.8, 4) is 5.75 Å². The van der Waals surface area contributed by atoms with Crippen LogP contribution in [0, 0.1) is 0 Å². The summed E-state index contributed by atoms with van der Waals surface area (Å²) < 4.78 is 5.95. The fourth-order valence-corrected chi connectivity index (χ4v) is 2.71. The average Bonchev–Trinajstić information content (AvgIpc) is 2.72. The summed E-state index contributed by atoms with van der Waals surface area (Å²) in [5, 5.41) is 0. The maximum absolute atomic E-state index is 10.7. The van der Waals surface area contributed by atoms with Crippen molar-refractivity contribution in [3.05, 3.63) is 71.3 Å². The quantitative estimate of drug-likeness (QED) is 0.808. The van der Waals surface area contributed by atoms with E-state index in [-0.39, 0.29) is 0 Å². The molecule has 1 aliphatic heterocycles. The van der Waals surface area contributed by atoms with Gasteiger partial charge in [0.15, 0.2) is 0 Å². The van der Waals surface area contributed by atoms with Crippen molar-refractivity contribution in [2.45, 2.75) is 13.0 Å². The zero-order valence-electron chi connectivity index (χ0n) is 12.7. The molecule has 2 aromatic carbocycles. The van der Waals surface area contributed by atoms with E-state index in [1.165, 1.54) is 16.7 Å². The first-order valence-electron chi connectivity index (χ1n) is 7.46. The molecule has 1 aliphatic rings. The molecule has 3 rings (SSSR count). The minimum Gasteiger partial charge on any atom is -0.488 e. The van der Waals surface area contributed by atoms with E-state index in [9.17, 15) is 4.79 Å². The first-order valence-corrected chi connectivity index (χ1v) is 7.46. The Hall–Kier alpha value is -2.55. The number of amides is 1. The molecule has 0 saturated carbocycles. The van der Waals surface area contributed by atoms with Gasteiger partial charge < -0.3 is 9.64 Å². The zero-order chi connectivity index (χ0) is 15.4. The van der Waals surface area contributed by atoms with Crippen molar-refractivity contribution in [2.75, 3.05) is 13.6 Å². The van der Waals surface area contributed by atoms with Gasteiger partial charge in [-0.2, -0.15) is 0 Å². The lowest BCUT2D eigenvalue weighted by atomic mass is 9.93. The maximum atomic E-state index is 10.7. The van der Waals surface area contributed by atoms with E-state index in [2.05, 4.69) is 30.3 Å². The number of fused-ring (bicyclic) bond motifs is 2. The lowest BCUT2D eigenvalue weighted by Crippen LogP contribution is -2.16. The molecule has 0 radical (unpaired) electrons. The first-order chi connectivity index (χ1) is 10.8. The third kappa shape index (κ3) is 2.89. The molecule has 3 heteroatoms. The predicted octanol–water partition coefficient (Wildman–Crippen LogP) is 3.49. The molecule has 0 aliphatic carbocycles. The van der Waals surface area contributed by atoms with Crippen molar-refractivity contribution in [1.29, 1.82) is 0 Å². The average molecular weight is 293 g/mol. The number of carbonyl (C=O) groups is 1. The number of ether oxygens (including phenoxy) is 1. The van der Waals surface area contributed by atoms with E-state index in [1.807, 2.05) is 24.3 Å². The molecule has 3 nitrogen and oxygen atoms in total. The Morgan fingerprint density at radius 3 is 2.64 bits per heavy atom. The predicted molar refractivity (Wildman–Crippen MR) is 87.6 cm³/mol. The normalized spacial score (nSPS) is 14.5. The molecule has 22 heavy (non-hydrogen) atoms. The Morgan fingerprint density at radius 2 is 1.82 bits per heavy atom. The number of nitrogens with zero attached hydrogens (tertiary/aromatic N) is 1. The highest BCUT2D eigenvalue weighted by Gasteiger charge is 2.17. The van der Waals surface area contributed by atoms with Gasteiger partial charge in [-0.05, 0) is 29.2 Å². The summed E-state index contributed by atoms with van der Waals surface area (Å²) in [7, 11) is 1.80. The molecule has 0 atom stereocenters. The largest absolute Gasteiger partial charge is 0.488 e. The van der Waals surface area contributed by atoms with E-state index >= 15 is 0 Å². The van der Waals surface area contributed by atoms with Gasteiger partial charge in [-0.15, -0.1) is 0 Å². The monoisotopic (exact) mass is 293 g/mol. The van der Waals surface area contributed by atoms with Crippen LogP contribution in [-0.2, 0) is 11.4 Å². The Morgan fingerprint density at radius 1 is 1.09 bits per heavy atom. The molecule has 0 N–H and O–H groups in total. The smallest absolute Gasteiger partial charge is 0.209 e. The van der Waals surface area contributed by atoms with Gasteiger partial charge in [0.25, 0.3) is 0 Å². The number of hydrogen-bond donors (Lipinski definition) is 0. The Bertz CT molecular complexity index is 657. The van der Waals surface area contributed by atoms with Crippen LogP contribution in [0.25, 0.3) is 5.57 Å². The summed E-state index contributed by atoms with van der Waals surface area (Å²) in [5.41, 5.74) is 4.69. The zero-order valence-corrected chi connectivity index (χ0v) is 12.7. The van der Waals surface area contributed by atoms with Gasteiger partial charge in [0.05, 0.1) is 0 Å². The van der Waals surface area contributed by atoms with Crippen LogP contribution >= 0.6 is 0 Å². The highest BCUT2D eigenvalue weighted by Crippen LogP contribution is 2.36. The van der Waals surface area contributed by atoms with Crippen LogP contribution in [0.1, 0.15) is 23.1 Å². The standard InChI is InChI=1S/C19H19NO2/c1-20(14-21)12-6-10-17-16-8-3-2-7-15(16)13-22-19-11-5-4-9-18(17)19/h2-5,7-11,14H,6,12-13H2,1H3/b17-10-. The number of benzene rings is 2. The summed E-state index contributed by atoms with van der Waals surface area (Å²) in [6, 6.07) is 16.4. The minimum absolute atomic E-state index is 0.582. The van der Waals surface area contributed by atoms with E-state index in [4.69, 9.17) is 4.74 Å². The van der Waals surface area contributed by atoms with E-state index < -0.39 is 0 Å². The summed E-state index contributed by atoms with van der Waals surface area (Å²) >= 11 is 0. The maximum Gasteiger partial charge on any atom is 0.209 e. The Kier molecular flexibility index (Phi) is 4.24. The molecular formula is C19H19NO2. The molecular weight excluding hydrogens is 274 g/mol. The molecule has 0 spiro atoms. The fourth-order valence-electron chi connectivity index (χ4n) is 2.71. The van der Waals surface area contributed by atoms with Crippen molar-refractivity contribution in [3.63, 3.8) is 0 Å². The third-order valence-electron chi connectivity index (χ3n) is 3.88. The summed E-state index contributed by atoms with van der Waals surface area (Å²) in [4.78, 5) is 12.4. The molecule has 0 aromatic heterocycles. The number of carbonyl (C=O) groups excluding carboxylic acids is 1. The van der Waals surface area contributed by atoms with Crippen LogP contribution in [0.2, 0.25) is 0 Å². The fraction of sp³-hybridized carbons (Fsp3) is 0.211. The Labute approximate surface area is 130 Å². The SMILES string of the molecule is CN(C=O)CC/C=C1/c2ccccc2COc2ccccc21. The van der Waals surface area contributed by atoms with Gasteiger partial charge >= 0.3 is 0 Å². The molecule has 2 aromatic rings. The molecule has 0 unspecified atom stereocenters. The van der Waals surface area contributed by atoms with Crippen LogP contribution in [0.3, 0.4) is 0 Å². The van der Waals surface area contributed by atoms with Gasteiger partial charge in [-0.25, -0.2) is 0 Å². The van der Waals surface area contributed by atoms with Crippen molar-refractivity contribution in [2.24, 2.45) is 0 Å². The lowest BCUT2D eigenvalue weighted by molar-refractivity contribution is -0.116. The highest BCUT2D eigenvalue weighted by molar-refractivity contribution is 5.84. The number of rotatable bonds is 4. The number of hydrogen-bond acceptors (Lipinski definition) is 2. The highest BCUT2D eigenvalue weighted by atomic mass is 16.5. The topological polar surface area (TPSA) is 29.5 Å². The van der Waals surface area contributed by atoms with Gasteiger partial charge in [0.1, 0.15) is 12.4 Å². The first kappa shape index (κ1) is 14.4. The molecule has 112 valence electrons. The number of para-hydroxylation sites is 1. The van der Waals surface area contributed by atoms with Gasteiger partial charge in [-0.1, -0.05) is 48.5 Å². The van der Waals surface area contributed by atoms with Crippen LogP contribution in [0.5, 0.6) is 5.75 Å². The summed E-state index contributed by atoms with van der Waals surface area (Å²) in [5.74, 6) is 0.911. The lowest BCUT2D eigenvalue weighted by Gasteiger charge is -2.12. The van der Waals surface area contributed by atoms with E-state index in [1.54, 1.807) is 11.9 Å². The van der Waals surface area contributed by atoms with E-state index in [0.717, 1.165) is 24.1 Å². The van der Waals surface area contributed by atoms with E-state index in [0.29, 0.717) is 13.2 Å². The molecule has 1 heterocycles. The van der Waals surface area contributed by atoms with Gasteiger partial charge in [-0.3, -0.25) is 4.79 Å². The van der Waals surface area contributed by atoms with Crippen molar-refractivity contribution in [1.82, 2.24) is 4.90 Å². The van der Waals surface area contributed by atoms with Gasteiger partial charge in [0, 0.05) is 19.2 Å². The molecule has 0 fully saturated rings. The minimum atomic E-state index is 0.582. The Balaban J connectivity index is 2.02. The van der Waals surface area contributed by atoms with Crippen molar-refractivity contribution < 1.29 is 9.53 Å². The van der Waals surface area contributed by atoms with Crippen LogP contribution in [0.15, 0.2) is 54.6 Å². The molecule has 0 saturated heterocycles. The van der Waals surface area contributed by atoms with Crippen molar-refractivity contribution >= 4 is 12.0 Å². The molecule has 1 amide bonds. The summed E-state index contributed by atoms with van der Waals surface area (Å²) in [6.07, 6.45) is 3.87. The molecule has 0 bridgehead atoms. The summed E-state index contributed by atoms with van der Waals surface area (Å²) in [6.45, 7) is 1.29. The van der Waals surface area contributed by atoms with Crippen LogP contribution in [0.4, 0.5) is 0 Å². The van der Waals surface area contributed by atoms with Crippen LogP contribution in [-0.4, -0.2) is 24.9 Å². The third-order valence-corrected chi connectivity index (χ3v) is 3.88. The van der Waals surface area contributed by atoms with Crippen LogP contribution < -0.4 is 4.74 Å². The van der Waals surface area contributed by atoms with Gasteiger partial charge in [0.2, 0.25) is 6.41 Å². The second-order valence-corrected chi connectivity index (χ2v) is 5.43. The second kappa shape index (κ2) is 6.48. The second-order valence-electron chi connectivity index (χ2n) is 5.43.